The largest absolute Gasteiger partial charge is 0.508 e. The van der Waals surface area contributed by atoms with Crippen molar-refractivity contribution >= 4 is 11.7 Å². The van der Waals surface area contributed by atoms with Gasteiger partial charge in [0, 0.05) is 23.6 Å². The topological polar surface area (TPSA) is 75.4 Å². The molecule has 152 valence electrons. The van der Waals surface area contributed by atoms with Crippen LogP contribution in [0.1, 0.15) is 59.5 Å². The molecule has 3 aromatic rings. The van der Waals surface area contributed by atoms with Crippen molar-refractivity contribution < 1.29 is 14.4 Å². The molecule has 0 radical (unpaired) electrons. The molecule has 5 rings (SSSR count). The molecular weight excluding hydrogens is 376 g/mol. The van der Waals surface area contributed by atoms with Crippen LogP contribution in [-0.4, -0.2) is 16.0 Å². The summed E-state index contributed by atoms with van der Waals surface area (Å²) in [4.78, 5) is 13.4. The Morgan fingerprint density at radius 2 is 1.77 bits per heavy atom. The number of benzene rings is 2. The molecule has 1 aromatic heterocycles. The molecule has 2 aromatic carbocycles. The number of allylic oxidation sites excluding steroid dienone is 2. The van der Waals surface area contributed by atoms with Gasteiger partial charge in [0.05, 0.1) is 11.3 Å². The molecule has 0 amide bonds. The third kappa shape index (κ3) is 3.02. The van der Waals surface area contributed by atoms with Crippen LogP contribution in [0.2, 0.25) is 0 Å². The predicted molar refractivity (Wildman–Crippen MR) is 115 cm³/mol. The number of aryl methyl sites for hydroxylation is 2. The van der Waals surface area contributed by atoms with Gasteiger partial charge >= 0.3 is 0 Å². The number of aromatic hydroxyl groups is 1. The van der Waals surface area contributed by atoms with Crippen LogP contribution in [-0.2, 0) is 11.2 Å². The molecule has 2 aliphatic rings. The van der Waals surface area contributed by atoms with E-state index in [1.165, 1.54) is 5.56 Å². The summed E-state index contributed by atoms with van der Waals surface area (Å²) in [7, 11) is 0. The summed E-state index contributed by atoms with van der Waals surface area (Å²) in [6.07, 6.45) is 2.15. The maximum absolute atomic E-state index is 13.4. The average molecular weight is 400 g/mol. The van der Waals surface area contributed by atoms with Crippen LogP contribution < -0.4 is 5.32 Å². The number of anilines is 1. The van der Waals surface area contributed by atoms with Crippen molar-refractivity contribution in [2.75, 3.05) is 5.32 Å². The SMILES string of the molecule is CCc1ccc([C@H]2C3=C(C[C@H](c4ccc(O)cc4)CC3=O)Nc3onc(C)c32)cc1. The van der Waals surface area contributed by atoms with Crippen LogP contribution in [0.5, 0.6) is 5.75 Å². The lowest BCUT2D eigenvalue weighted by Gasteiger charge is -2.34. The van der Waals surface area contributed by atoms with Crippen molar-refractivity contribution in [3.63, 3.8) is 0 Å². The minimum Gasteiger partial charge on any atom is -0.508 e. The van der Waals surface area contributed by atoms with E-state index < -0.39 is 0 Å². The highest BCUT2D eigenvalue weighted by Gasteiger charge is 2.41. The fourth-order valence-electron chi connectivity index (χ4n) is 4.73. The zero-order valence-electron chi connectivity index (χ0n) is 17.1. The van der Waals surface area contributed by atoms with E-state index in [4.69, 9.17) is 4.52 Å². The number of phenolic OH excluding ortho intramolecular Hbond substituents is 1. The molecule has 2 atom stereocenters. The number of aromatic nitrogens is 1. The Balaban J connectivity index is 1.59. The number of fused-ring (bicyclic) bond motifs is 1. The van der Waals surface area contributed by atoms with Crippen molar-refractivity contribution in [3.05, 3.63) is 87.7 Å². The first-order valence-electron chi connectivity index (χ1n) is 10.4. The average Bonchev–Trinajstić information content (AvgIpc) is 3.13. The van der Waals surface area contributed by atoms with Gasteiger partial charge in [0.2, 0.25) is 5.88 Å². The zero-order chi connectivity index (χ0) is 20.8. The predicted octanol–water partition coefficient (Wildman–Crippen LogP) is 5.21. The first-order valence-corrected chi connectivity index (χ1v) is 10.4. The first kappa shape index (κ1) is 18.7. The van der Waals surface area contributed by atoms with Gasteiger partial charge < -0.3 is 14.9 Å². The molecule has 2 heterocycles. The lowest BCUT2D eigenvalue weighted by molar-refractivity contribution is -0.116. The normalized spacial score (nSPS) is 20.5. The zero-order valence-corrected chi connectivity index (χ0v) is 17.1. The number of carbonyl (C=O) groups excluding carboxylic acids is 1. The quantitative estimate of drug-likeness (QED) is 0.631. The van der Waals surface area contributed by atoms with Gasteiger partial charge in [-0.15, -0.1) is 0 Å². The molecule has 0 bridgehead atoms. The number of phenols is 1. The maximum atomic E-state index is 13.4. The second-order valence-electron chi connectivity index (χ2n) is 8.18. The van der Waals surface area contributed by atoms with E-state index in [1.807, 2.05) is 19.1 Å². The highest BCUT2D eigenvalue weighted by Crippen LogP contribution is 2.49. The van der Waals surface area contributed by atoms with Gasteiger partial charge in [0.1, 0.15) is 5.75 Å². The van der Waals surface area contributed by atoms with Crippen LogP contribution in [0, 0.1) is 6.92 Å². The molecule has 0 saturated carbocycles. The van der Waals surface area contributed by atoms with Gasteiger partial charge in [0.25, 0.3) is 0 Å². The van der Waals surface area contributed by atoms with Gasteiger partial charge in [-0.3, -0.25) is 4.79 Å². The lowest BCUT2D eigenvalue weighted by Crippen LogP contribution is -2.29. The fraction of sp³-hybridized carbons (Fsp3) is 0.280. The second-order valence-corrected chi connectivity index (χ2v) is 8.18. The van der Waals surface area contributed by atoms with Crippen LogP contribution in [0.4, 0.5) is 5.88 Å². The van der Waals surface area contributed by atoms with E-state index in [1.54, 1.807) is 12.1 Å². The van der Waals surface area contributed by atoms with E-state index in [0.717, 1.165) is 40.1 Å². The molecule has 1 aliphatic heterocycles. The monoisotopic (exact) mass is 400 g/mol. The van der Waals surface area contributed by atoms with E-state index in [-0.39, 0.29) is 23.4 Å². The number of Topliss-reactive ketones (excluding diaryl/α,β-unsaturated/α-hetero) is 1. The third-order valence-corrected chi connectivity index (χ3v) is 6.34. The lowest BCUT2D eigenvalue weighted by atomic mass is 9.72. The van der Waals surface area contributed by atoms with Crippen LogP contribution in [0.15, 0.2) is 64.3 Å². The molecule has 0 saturated heterocycles. The summed E-state index contributed by atoms with van der Waals surface area (Å²) in [6.45, 7) is 4.06. The molecule has 0 fully saturated rings. The molecular formula is C25H24N2O3. The molecule has 0 spiro atoms. The van der Waals surface area contributed by atoms with Gasteiger partial charge in [-0.2, -0.15) is 0 Å². The minimum absolute atomic E-state index is 0.0676. The Kier molecular flexibility index (Phi) is 4.46. The Hall–Kier alpha value is -3.34. The Morgan fingerprint density at radius 1 is 1.07 bits per heavy atom. The van der Waals surface area contributed by atoms with Gasteiger partial charge in [-0.1, -0.05) is 48.5 Å². The molecule has 30 heavy (non-hydrogen) atoms. The summed E-state index contributed by atoms with van der Waals surface area (Å²) in [5, 5.41) is 17.1. The highest BCUT2D eigenvalue weighted by molar-refractivity contribution is 6.01. The van der Waals surface area contributed by atoms with Gasteiger partial charge in [0.15, 0.2) is 5.78 Å². The van der Waals surface area contributed by atoms with Crippen molar-refractivity contribution in [2.24, 2.45) is 0 Å². The highest BCUT2D eigenvalue weighted by atomic mass is 16.5. The summed E-state index contributed by atoms with van der Waals surface area (Å²) < 4.78 is 5.58. The smallest absolute Gasteiger partial charge is 0.233 e. The standard InChI is InChI=1S/C25H24N2O3/c1-3-15-4-6-17(7-5-15)23-22-14(2)27-30-25(22)26-20-12-18(13-21(29)24(20)23)16-8-10-19(28)11-9-16/h4-11,18,23,26,28H,3,12-13H2,1-2H3/t18-,23+/m0/s1. The van der Waals surface area contributed by atoms with E-state index in [9.17, 15) is 9.90 Å². The summed E-state index contributed by atoms with van der Waals surface area (Å²) >= 11 is 0. The number of nitrogens with zero attached hydrogens (tertiary/aromatic N) is 1. The number of nitrogens with one attached hydrogen (secondary N) is 1. The van der Waals surface area contributed by atoms with E-state index >= 15 is 0 Å². The molecule has 5 nitrogen and oxygen atoms in total. The first-order chi connectivity index (χ1) is 14.5. The molecule has 0 unspecified atom stereocenters. The minimum atomic E-state index is -0.165. The number of rotatable bonds is 3. The third-order valence-electron chi connectivity index (χ3n) is 6.34. The van der Waals surface area contributed by atoms with Gasteiger partial charge in [-0.25, -0.2) is 0 Å². The molecule has 5 heteroatoms. The number of hydrogen-bond acceptors (Lipinski definition) is 5. The van der Waals surface area contributed by atoms with Crippen LogP contribution in [0.25, 0.3) is 0 Å². The Bertz CT molecular complexity index is 1140. The van der Waals surface area contributed by atoms with Crippen molar-refractivity contribution in [3.8, 4) is 5.75 Å². The number of hydrogen-bond donors (Lipinski definition) is 2. The Labute approximate surface area is 175 Å². The van der Waals surface area contributed by atoms with Gasteiger partial charge in [-0.05, 0) is 54.5 Å². The number of carbonyl (C=O) groups is 1. The Morgan fingerprint density at radius 3 is 2.47 bits per heavy atom. The molecule has 1 aliphatic carbocycles. The van der Waals surface area contributed by atoms with Crippen molar-refractivity contribution in [1.29, 1.82) is 0 Å². The van der Waals surface area contributed by atoms with Crippen molar-refractivity contribution in [2.45, 2.75) is 44.9 Å². The number of ketones is 1. The molecule has 2 N–H and O–H groups in total. The van der Waals surface area contributed by atoms with Crippen LogP contribution in [0.3, 0.4) is 0 Å². The summed E-state index contributed by atoms with van der Waals surface area (Å²) in [5.41, 5.74) is 6.91. The maximum Gasteiger partial charge on any atom is 0.233 e. The van der Waals surface area contributed by atoms with E-state index in [2.05, 4.69) is 41.7 Å². The van der Waals surface area contributed by atoms with Crippen molar-refractivity contribution in [1.82, 2.24) is 5.16 Å². The summed E-state index contributed by atoms with van der Waals surface area (Å²) in [6, 6.07) is 15.6. The van der Waals surface area contributed by atoms with E-state index in [0.29, 0.717) is 18.7 Å². The van der Waals surface area contributed by atoms with Crippen LogP contribution >= 0.6 is 0 Å². The second kappa shape index (κ2) is 7.17. The fourth-order valence-corrected chi connectivity index (χ4v) is 4.73. The summed E-state index contributed by atoms with van der Waals surface area (Å²) in [5.74, 6) is 0.918.